The molecule has 2 aliphatic rings. The molecule has 2 aromatic carbocycles. The van der Waals surface area contributed by atoms with Crippen LogP contribution < -0.4 is 0 Å². The van der Waals surface area contributed by atoms with Gasteiger partial charge in [0.2, 0.25) is 5.91 Å². The molecule has 2 heterocycles. The van der Waals surface area contributed by atoms with Crippen molar-refractivity contribution < 1.29 is 27.6 Å². The van der Waals surface area contributed by atoms with Crippen molar-refractivity contribution in [2.45, 2.75) is 50.9 Å². The van der Waals surface area contributed by atoms with E-state index in [0.29, 0.717) is 29.5 Å². The van der Waals surface area contributed by atoms with Crippen molar-refractivity contribution in [1.29, 1.82) is 0 Å². The Bertz CT molecular complexity index is 1520. The topological polar surface area (TPSA) is 71.9 Å². The summed E-state index contributed by atoms with van der Waals surface area (Å²) >= 11 is 17.9. The van der Waals surface area contributed by atoms with Gasteiger partial charge in [0.1, 0.15) is 5.15 Å². The van der Waals surface area contributed by atoms with E-state index in [1.165, 1.54) is 29.3 Å². The quantitative estimate of drug-likeness (QED) is 0.207. The molecule has 41 heavy (non-hydrogen) atoms. The molecule has 1 saturated carbocycles. The number of amides is 2. The van der Waals surface area contributed by atoms with Crippen LogP contribution in [0.2, 0.25) is 15.2 Å². The Kier molecular flexibility index (Phi) is 8.07. The van der Waals surface area contributed by atoms with Crippen LogP contribution in [0.1, 0.15) is 58.3 Å². The van der Waals surface area contributed by atoms with E-state index in [4.69, 9.17) is 39.6 Å². The number of alkyl halides is 3. The molecule has 6 nitrogen and oxygen atoms in total. The summed E-state index contributed by atoms with van der Waals surface area (Å²) in [5.41, 5.74) is -1.33. The van der Waals surface area contributed by atoms with Gasteiger partial charge in [0.25, 0.3) is 11.5 Å². The number of hydrogen-bond acceptors (Lipinski definition) is 5. The number of oxime groups is 1. The average Bonchev–Trinajstić information content (AvgIpc) is 3.34. The normalized spacial score (nSPS) is 18.9. The number of benzene rings is 2. The number of rotatable bonds is 6. The highest BCUT2D eigenvalue weighted by molar-refractivity contribution is 6.34. The Balaban J connectivity index is 1.42. The van der Waals surface area contributed by atoms with Crippen LogP contribution in [0.5, 0.6) is 0 Å². The molecular weight excluding hydrogens is 602 g/mol. The highest BCUT2D eigenvalue weighted by atomic mass is 35.5. The van der Waals surface area contributed by atoms with Gasteiger partial charge in [0, 0.05) is 39.7 Å². The fourth-order valence-electron chi connectivity index (χ4n) is 4.88. The Morgan fingerprint density at radius 2 is 1.76 bits per heavy atom. The van der Waals surface area contributed by atoms with Gasteiger partial charge in [-0.1, -0.05) is 58.5 Å². The second kappa shape index (κ2) is 11.3. The number of imide groups is 1. The van der Waals surface area contributed by atoms with E-state index in [9.17, 15) is 22.8 Å². The number of aryl methyl sites for hydroxylation is 1. The lowest BCUT2D eigenvalue weighted by atomic mass is 9.84. The molecule has 1 unspecified atom stereocenters. The summed E-state index contributed by atoms with van der Waals surface area (Å²) in [7, 11) is 0. The Hall–Kier alpha value is -3.14. The molecule has 12 heteroatoms. The molecular formula is C29H23Cl3F3N3O3. The van der Waals surface area contributed by atoms with Gasteiger partial charge in [0.05, 0.1) is 12.3 Å². The van der Waals surface area contributed by atoms with Crippen LogP contribution in [0, 0.1) is 12.8 Å². The Morgan fingerprint density at radius 1 is 1.05 bits per heavy atom. The molecule has 1 atom stereocenters. The fraction of sp³-hybridized carbons (Fsp3) is 0.310. The van der Waals surface area contributed by atoms with Crippen LogP contribution >= 0.6 is 34.8 Å². The number of halogens is 6. The predicted molar refractivity (Wildman–Crippen MR) is 149 cm³/mol. The van der Waals surface area contributed by atoms with Crippen molar-refractivity contribution in [2.24, 2.45) is 11.1 Å². The first-order valence-electron chi connectivity index (χ1n) is 12.7. The third-order valence-corrected chi connectivity index (χ3v) is 8.06. The molecule has 0 spiro atoms. The minimum atomic E-state index is -4.84. The van der Waals surface area contributed by atoms with Gasteiger partial charge in [-0.25, -0.2) is 4.98 Å². The molecule has 3 aromatic rings. The van der Waals surface area contributed by atoms with Gasteiger partial charge in [-0.05, 0) is 72.9 Å². The zero-order valence-electron chi connectivity index (χ0n) is 21.6. The van der Waals surface area contributed by atoms with Gasteiger partial charge in [-0.2, -0.15) is 13.2 Å². The van der Waals surface area contributed by atoms with E-state index in [0.717, 1.165) is 18.6 Å². The van der Waals surface area contributed by atoms with Crippen molar-refractivity contribution in [3.8, 4) is 0 Å². The lowest BCUT2D eigenvalue weighted by Crippen LogP contribution is -2.43. The predicted octanol–water partition coefficient (Wildman–Crippen LogP) is 7.90. The highest BCUT2D eigenvalue weighted by Crippen LogP contribution is 2.49. The minimum absolute atomic E-state index is 0.0103. The van der Waals surface area contributed by atoms with Gasteiger partial charge in [-0.3, -0.25) is 14.5 Å². The second-order valence-electron chi connectivity index (χ2n) is 10.2. The highest BCUT2D eigenvalue weighted by Gasteiger charge is 2.62. The van der Waals surface area contributed by atoms with Crippen LogP contribution in [-0.4, -0.2) is 33.6 Å². The number of nitrogens with zero attached hydrogens (tertiary/aromatic N) is 3. The van der Waals surface area contributed by atoms with Crippen molar-refractivity contribution in [2.75, 3.05) is 0 Å². The molecule has 214 valence electrons. The first kappa shape index (κ1) is 29.4. The Labute approximate surface area is 249 Å². The van der Waals surface area contributed by atoms with Crippen molar-refractivity contribution in [3.63, 3.8) is 0 Å². The molecule has 1 aliphatic heterocycles. The van der Waals surface area contributed by atoms with Crippen LogP contribution in [0.15, 0.2) is 59.9 Å². The molecule has 2 amide bonds. The van der Waals surface area contributed by atoms with E-state index in [1.54, 1.807) is 25.1 Å². The average molecular weight is 625 g/mol. The molecule has 1 fully saturated rings. The van der Waals surface area contributed by atoms with Crippen LogP contribution in [-0.2, 0) is 21.8 Å². The lowest BCUT2D eigenvalue weighted by molar-refractivity contribution is -0.275. The van der Waals surface area contributed by atoms with E-state index < -0.39 is 24.1 Å². The smallest absolute Gasteiger partial charge is 0.374 e. The summed E-state index contributed by atoms with van der Waals surface area (Å²) < 4.78 is 43.2. The van der Waals surface area contributed by atoms with E-state index in [1.807, 2.05) is 0 Å². The molecule has 0 N–H and O–H groups in total. The third-order valence-electron chi connectivity index (χ3n) is 7.40. The lowest BCUT2D eigenvalue weighted by Gasteiger charge is -2.31. The summed E-state index contributed by atoms with van der Waals surface area (Å²) in [6, 6.07) is 11.4. The minimum Gasteiger partial charge on any atom is -0.374 e. The van der Waals surface area contributed by atoms with E-state index in [2.05, 4.69) is 10.1 Å². The van der Waals surface area contributed by atoms with E-state index in [-0.39, 0.29) is 50.4 Å². The van der Waals surface area contributed by atoms with Crippen molar-refractivity contribution in [3.05, 3.63) is 97.7 Å². The summed E-state index contributed by atoms with van der Waals surface area (Å²) in [5, 5.41) is 4.14. The number of aromatic nitrogens is 1. The van der Waals surface area contributed by atoms with Crippen molar-refractivity contribution in [1.82, 2.24) is 9.88 Å². The second-order valence-corrected chi connectivity index (χ2v) is 11.4. The molecule has 0 radical (unpaired) electrons. The maximum Gasteiger partial charge on any atom is 0.435 e. The number of carbonyl (C=O) groups is 2. The first-order valence-corrected chi connectivity index (χ1v) is 13.9. The monoisotopic (exact) mass is 623 g/mol. The summed E-state index contributed by atoms with van der Waals surface area (Å²) in [4.78, 5) is 37.2. The molecule has 1 aromatic heterocycles. The summed E-state index contributed by atoms with van der Waals surface area (Å²) in [6.07, 6.45) is -1.63. The molecule has 5 rings (SSSR count). The molecule has 0 saturated heterocycles. The van der Waals surface area contributed by atoms with E-state index >= 15 is 0 Å². The summed E-state index contributed by atoms with van der Waals surface area (Å²) in [5.74, 6) is -1.02. The summed E-state index contributed by atoms with van der Waals surface area (Å²) in [6.45, 7) is 1.66. The molecule has 0 bridgehead atoms. The third kappa shape index (κ3) is 5.80. The van der Waals surface area contributed by atoms with Gasteiger partial charge < -0.3 is 4.84 Å². The molecule has 1 aliphatic carbocycles. The number of pyridine rings is 1. The fourth-order valence-corrected chi connectivity index (χ4v) is 5.52. The van der Waals surface area contributed by atoms with Crippen LogP contribution in [0.3, 0.4) is 0 Å². The largest absolute Gasteiger partial charge is 0.435 e. The van der Waals surface area contributed by atoms with Gasteiger partial charge in [0.15, 0.2) is 0 Å². The van der Waals surface area contributed by atoms with Crippen molar-refractivity contribution >= 4 is 52.3 Å². The van der Waals surface area contributed by atoms with Gasteiger partial charge >= 0.3 is 6.18 Å². The van der Waals surface area contributed by atoms with Gasteiger partial charge in [-0.15, -0.1) is 0 Å². The number of carbonyl (C=O) groups excluding carboxylic acids is 2. The zero-order chi connectivity index (χ0) is 29.5. The number of hydrogen-bond donors (Lipinski definition) is 0. The van der Waals surface area contributed by atoms with Crippen LogP contribution in [0.25, 0.3) is 0 Å². The maximum absolute atomic E-state index is 14.4. The SMILES string of the molecule is Cc1cc(C2=NOC(c3cc(Cl)cc(Cl)c3)(C(F)(F)F)C2)ccc1C(=O)N(Cc1ccc(Cl)nc1)C(=O)C1CCC1. The maximum atomic E-state index is 14.4. The Morgan fingerprint density at radius 3 is 2.32 bits per heavy atom. The standard InChI is InChI=1S/C29H23Cl3F3N3O3/c1-16-9-19(24-13-28(41-37-24,29(33,34)35)20-10-21(30)12-22(31)11-20)6-7-23(16)27(40)38(26(39)18-3-2-4-18)15-17-5-8-25(32)36-14-17/h5-12,14,18H,2-4,13,15H2,1H3. The zero-order valence-corrected chi connectivity index (χ0v) is 23.9. The van der Waals surface area contributed by atoms with Crippen LogP contribution in [0.4, 0.5) is 13.2 Å². The first-order chi connectivity index (χ1) is 19.4.